The Morgan fingerprint density at radius 1 is 1.03 bits per heavy atom. The van der Waals surface area contributed by atoms with Crippen molar-refractivity contribution in [1.29, 1.82) is 10.5 Å². The minimum absolute atomic E-state index is 0.0171. The highest BCUT2D eigenvalue weighted by atomic mass is 35.5. The average molecular weight is 451 g/mol. The number of fused-ring (bicyclic) bond motifs is 1. The van der Waals surface area contributed by atoms with Gasteiger partial charge in [0.05, 0.1) is 33.7 Å². The summed E-state index contributed by atoms with van der Waals surface area (Å²) < 4.78 is 2.02. The van der Waals surface area contributed by atoms with Crippen LogP contribution in [0, 0.1) is 22.7 Å². The largest absolute Gasteiger partial charge is 0.384 e. The van der Waals surface area contributed by atoms with Crippen LogP contribution in [0.4, 0.5) is 0 Å². The van der Waals surface area contributed by atoms with Crippen molar-refractivity contribution in [2.45, 2.75) is 5.92 Å². The number of thiazole rings is 1. The quantitative estimate of drug-likeness (QED) is 0.648. The molecular weight excluding hydrogens is 439 g/mol. The van der Waals surface area contributed by atoms with Crippen molar-refractivity contribution in [2.75, 3.05) is 0 Å². The van der Waals surface area contributed by atoms with Crippen LogP contribution >= 0.6 is 34.5 Å². The standard InChI is InChI=1S/C22H12Cl2N4OS/c23-14-5-1-3-12(7-14)8-18-21(29)28-20(27)16(10-25)19(17(11-26)22(28)30-18)13-4-2-6-15(24)9-13/h1-9,19H,27H2/b18-8+/t19-/m1/s1. The van der Waals surface area contributed by atoms with E-state index < -0.39 is 11.5 Å². The molecular formula is C22H12Cl2N4OS. The second-order valence-electron chi connectivity index (χ2n) is 6.54. The third-order valence-electron chi connectivity index (χ3n) is 4.72. The second kappa shape index (κ2) is 7.85. The molecule has 0 bridgehead atoms. The van der Waals surface area contributed by atoms with Gasteiger partial charge >= 0.3 is 0 Å². The monoisotopic (exact) mass is 450 g/mol. The number of aromatic nitrogens is 1. The van der Waals surface area contributed by atoms with E-state index >= 15 is 0 Å². The Bertz CT molecular complexity index is 1480. The summed E-state index contributed by atoms with van der Waals surface area (Å²) >= 11 is 13.3. The first-order chi connectivity index (χ1) is 14.4. The number of allylic oxidation sites excluding steroid dienone is 1. The minimum atomic E-state index is -0.698. The SMILES string of the molecule is N#CC1=C(N)n2c(s/c(=C/c3cccc(Cl)c3)c2=O)=C(C#N)[C@@H]1c1cccc(Cl)c1. The zero-order valence-corrected chi connectivity index (χ0v) is 17.6. The molecule has 0 aliphatic carbocycles. The second-order valence-corrected chi connectivity index (χ2v) is 8.44. The molecule has 0 saturated heterocycles. The summed E-state index contributed by atoms with van der Waals surface area (Å²) in [7, 11) is 0. The van der Waals surface area contributed by atoms with Gasteiger partial charge in [0, 0.05) is 10.0 Å². The van der Waals surface area contributed by atoms with E-state index in [0.717, 1.165) is 16.9 Å². The Hall–Kier alpha value is -3.29. The fraction of sp³-hybridized carbons (Fsp3) is 0.0455. The van der Waals surface area contributed by atoms with Gasteiger partial charge in [-0.2, -0.15) is 10.5 Å². The normalized spacial score (nSPS) is 16.2. The van der Waals surface area contributed by atoms with Crippen molar-refractivity contribution in [3.05, 3.63) is 94.8 Å². The smallest absolute Gasteiger partial charge is 0.274 e. The Balaban J connectivity index is 2.07. The maximum absolute atomic E-state index is 13.1. The molecule has 1 aliphatic heterocycles. The minimum Gasteiger partial charge on any atom is -0.384 e. The highest BCUT2D eigenvalue weighted by Crippen LogP contribution is 2.36. The lowest BCUT2D eigenvalue weighted by Crippen LogP contribution is -2.38. The van der Waals surface area contributed by atoms with Crippen molar-refractivity contribution in [3.8, 4) is 12.1 Å². The summed E-state index contributed by atoms with van der Waals surface area (Å²) in [5.41, 5.74) is 7.67. The van der Waals surface area contributed by atoms with E-state index in [2.05, 4.69) is 12.1 Å². The maximum atomic E-state index is 13.1. The summed E-state index contributed by atoms with van der Waals surface area (Å²) in [6.07, 6.45) is 1.69. The zero-order chi connectivity index (χ0) is 21.4. The lowest BCUT2D eigenvalue weighted by molar-refractivity contribution is 0.906. The number of nitrogens with two attached hydrogens (primary N) is 1. The molecule has 3 aromatic rings. The molecule has 0 fully saturated rings. The lowest BCUT2D eigenvalue weighted by Gasteiger charge is -2.22. The topological polar surface area (TPSA) is 95.6 Å². The van der Waals surface area contributed by atoms with Crippen molar-refractivity contribution in [3.63, 3.8) is 0 Å². The molecule has 0 saturated carbocycles. The van der Waals surface area contributed by atoms with Crippen LogP contribution in [0.2, 0.25) is 10.0 Å². The first-order valence-electron chi connectivity index (χ1n) is 8.73. The highest BCUT2D eigenvalue weighted by Gasteiger charge is 2.32. The molecule has 2 heterocycles. The van der Waals surface area contributed by atoms with Crippen LogP contribution in [0.1, 0.15) is 17.0 Å². The van der Waals surface area contributed by atoms with Gasteiger partial charge in [-0.05, 0) is 41.5 Å². The number of hydrogen-bond acceptors (Lipinski definition) is 5. The van der Waals surface area contributed by atoms with Gasteiger partial charge in [0.1, 0.15) is 10.5 Å². The predicted octanol–water partition coefficient (Wildman–Crippen LogP) is 3.17. The van der Waals surface area contributed by atoms with Gasteiger partial charge in [0.15, 0.2) is 0 Å². The molecule has 2 aromatic carbocycles. The number of halogens is 2. The fourth-order valence-electron chi connectivity index (χ4n) is 3.42. The molecule has 0 amide bonds. The maximum Gasteiger partial charge on any atom is 0.274 e. The van der Waals surface area contributed by atoms with Crippen LogP contribution in [0.15, 0.2) is 58.9 Å². The average Bonchev–Trinajstić information content (AvgIpc) is 3.04. The summed E-state index contributed by atoms with van der Waals surface area (Å²) in [6, 6.07) is 18.2. The summed E-state index contributed by atoms with van der Waals surface area (Å²) in [5, 5.41) is 20.7. The van der Waals surface area contributed by atoms with Gasteiger partial charge in [0.25, 0.3) is 5.56 Å². The molecule has 0 radical (unpaired) electrons. The van der Waals surface area contributed by atoms with Gasteiger partial charge in [-0.25, -0.2) is 0 Å². The highest BCUT2D eigenvalue weighted by molar-refractivity contribution is 7.07. The van der Waals surface area contributed by atoms with Crippen LogP contribution < -0.4 is 20.5 Å². The third kappa shape index (κ3) is 3.32. The number of benzene rings is 2. The molecule has 146 valence electrons. The van der Waals surface area contributed by atoms with E-state index in [1.54, 1.807) is 48.5 Å². The van der Waals surface area contributed by atoms with E-state index in [9.17, 15) is 15.3 Å². The molecule has 0 unspecified atom stereocenters. The first kappa shape index (κ1) is 20.0. The van der Waals surface area contributed by atoms with Gasteiger partial charge in [-0.3, -0.25) is 9.36 Å². The van der Waals surface area contributed by atoms with Crippen molar-refractivity contribution < 1.29 is 0 Å². The van der Waals surface area contributed by atoms with E-state index in [-0.39, 0.29) is 17.0 Å². The number of nitriles is 2. The molecule has 8 heteroatoms. The van der Waals surface area contributed by atoms with Gasteiger partial charge in [-0.15, -0.1) is 11.3 Å². The van der Waals surface area contributed by atoms with Crippen molar-refractivity contribution >= 4 is 52.0 Å². The van der Waals surface area contributed by atoms with E-state index in [4.69, 9.17) is 28.9 Å². The van der Waals surface area contributed by atoms with Crippen LogP contribution in [0.25, 0.3) is 17.5 Å². The predicted molar refractivity (Wildman–Crippen MR) is 119 cm³/mol. The van der Waals surface area contributed by atoms with Gasteiger partial charge in [0.2, 0.25) is 0 Å². The summed E-state index contributed by atoms with van der Waals surface area (Å²) in [5.74, 6) is -0.681. The van der Waals surface area contributed by atoms with Crippen molar-refractivity contribution in [1.82, 2.24) is 4.57 Å². The molecule has 2 N–H and O–H groups in total. The zero-order valence-electron chi connectivity index (χ0n) is 15.3. The van der Waals surface area contributed by atoms with E-state index in [1.165, 1.54) is 4.57 Å². The summed E-state index contributed by atoms with van der Waals surface area (Å²) in [6.45, 7) is 0. The Morgan fingerprint density at radius 3 is 2.33 bits per heavy atom. The third-order valence-corrected chi connectivity index (χ3v) is 6.30. The van der Waals surface area contributed by atoms with Crippen LogP contribution in [-0.2, 0) is 0 Å². The number of rotatable bonds is 2. The molecule has 1 aliphatic rings. The molecule has 5 nitrogen and oxygen atoms in total. The molecule has 30 heavy (non-hydrogen) atoms. The Kier molecular flexibility index (Phi) is 5.24. The molecule has 4 rings (SSSR count). The molecule has 1 aromatic heterocycles. The van der Waals surface area contributed by atoms with Crippen LogP contribution in [0.5, 0.6) is 0 Å². The van der Waals surface area contributed by atoms with Crippen LogP contribution in [-0.4, -0.2) is 4.57 Å². The van der Waals surface area contributed by atoms with Gasteiger partial charge < -0.3 is 5.73 Å². The Labute approximate surface area is 185 Å². The van der Waals surface area contributed by atoms with Gasteiger partial charge in [-0.1, -0.05) is 47.5 Å². The first-order valence-corrected chi connectivity index (χ1v) is 10.3. The van der Waals surface area contributed by atoms with Crippen LogP contribution in [0.3, 0.4) is 0 Å². The fourth-order valence-corrected chi connectivity index (χ4v) is 4.94. The Morgan fingerprint density at radius 2 is 1.70 bits per heavy atom. The van der Waals surface area contributed by atoms with E-state index in [1.807, 2.05) is 6.07 Å². The lowest BCUT2D eigenvalue weighted by atomic mass is 9.84. The molecule has 0 spiro atoms. The summed E-state index contributed by atoms with van der Waals surface area (Å²) in [4.78, 5) is 13.1. The number of nitrogens with zero attached hydrogens (tertiary/aromatic N) is 3. The number of hydrogen-bond donors (Lipinski definition) is 1. The molecule has 1 atom stereocenters. The van der Waals surface area contributed by atoms with Crippen molar-refractivity contribution in [2.24, 2.45) is 5.73 Å². The van der Waals surface area contributed by atoms with E-state index in [0.29, 0.717) is 24.8 Å².